The lowest BCUT2D eigenvalue weighted by Crippen LogP contribution is -2.12. The first kappa shape index (κ1) is 12.1. The normalized spacial score (nSPS) is 10.1. The van der Waals surface area contributed by atoms with Crippen molar-refractivity contribution in [2.24, 2.45) is 0 Å². The summed E-state index contributed by atoms with van der Waals surface area (Å²) in [4.78, 5) is 12.0. The highest BCUT2D eigenvalue weighted by molar-refractivity contribution is 5.39. The Morgan fingerprint density at radius 1 is 1.28 bits per heavy atom. The van der Waals surface area contributed by atoms with Gasteiger partial charge in [-0.1, -0.05) is 0 Å². The number of aromatic nitrogens is 5. The fourth-order valence-electron chi connectivity index (χ4n) is 1.34. The van der Waals surface area contributed by atoms with Crippen molar-refractivity contribution in [1.82, 2.24) is 24.7 Å². The molecule has 0 aliphatic heterocycles. The molecule has 1 N–H and O–H groups in total. The number of anilines is 1. The summed E-state index contributed by atoms with van der Waals surface area (Å²) in [6.45, 7) is 1.35. The molecule has 0 bridgehead atoms. The third-order valence-electron chi connectivity index (χ3n) is 2.19. The maximum atomic E-state index is 5.05. The fraction of sp³-hybridized carbons (Fsp3) is 0.400. The second kappa shape index (κ2) is 5.80. The van der Waals surface area contributed by atoms with Crippen LogP contribution in [0.25, 0.3) is 0 Å². The summed E-state index contributed by atoms with van der Waals surface area (Å²) >= 11 is 0. The predicted molar refractivity (Wildman–Crippen MR) is 63.6 cm³/mol. The average Bonchev–Trinajstić information content (AvgIpc) is 2.91. The van der Waals surface area contributed by atoms with Crippen LogP contribution in [0.2, 0.25) is 0 Å². The van der Waals surface area contributed by atoms with Gasteiger partial charge in [0.1, 0.15) is 18.5 Å². The zero-order valence-corrected chi connectivity index (χ0v) is 10.2. The molecule has 0 radical (unpaired) electrons. The maximum Gasteiger partial charge on any atom is 0.321 e. The molecule has 0 aliphatic carbocycles. The number of hydrogen-bond donors (Lipinski definition) is 1. The van der Waals surface area contributed by atoms with Gasteiger partial charge < -0.3 is 14.8 Å². The number of hydrogen-bond acceptors (Lipinski definition) is 7. The highest BCUT2D eigenvalue weighted by atomic mass is 16.5. The van der Waals surface area contributed by atoms with E-state index in [0.29, 0.717) is 24.8 Å². The lowest BCUT2D eigenvalue weighted by molar-refractivity contribution is 0.353. The summed E-state index contributed by atoms with van der Waals surface area (Å²) in [7, 11) is 3.05. The molecule has 0 unspecified atom stereocenters. The third-order valence-corrected chi connectivity index (χ3v) is 2.19. The Morgan fingerprint density at radius 2 is 2.17 bits per heavy atom. The van der Waals surface area contributed by atoms with Crippen LogP contribution in [-0.4, -0.2) is 45.5 Å². The number of nitrogens with one attached hydrogen (secondary N) is 1. The van der Waals surface area contributed by atoms with Gasteiger partial charge in [0.2, 0.25) is 5.88 Å². The smallest absolute Gasteiger partial charge is 0.321 e. The van der Waals surface area contributed by atoms with Crippen LogP contribution in [0, 0.1) is 0 Å². The molecule has 0 saturated heterocycles. The molecule has 96 valence electrons. The number of methoxy groups -OCH3 is 2. The molecule has 0 aromatic carbocycles. The van der Waals surface area contributed by atoms with Gasteiger partial charge in [-0.3, -0.25) is 4.68 Å². The Hall–Kier alpha value is -2.38. The van der Waals surface area contributed by atoms with Crippen LogP contribution in [-0.2, 0) is 6.54 Å². The molecule has 2 aromatic heterocycles. The van der Waals surface area contributed by atoms with Crippen molar-refractivity contribution in [1.29, 1.82) is 0 Å². The van der Waals surface area contributed by atoms with E-state index in [9.17, 15) is 0 Å². The van der Waals surface area contributed by atoms with E-state index in [0.717, 1.165) is 0 Å². The molecule has 0 saturated carbocycles. The van der Waals surface area contributed by atoms with Gasteiger partial charge in [-0.25, -0.2) is 4.98 Å². The third kappa shape index (κ3) is 3.06. The lowest BCUT2D eigenvalue weighted by atomic mass is 10.5. The standard InChI is InChI=1S/C10H14N6O2/c1-17-9-5-8(14-10(15-9)18-2)12-3-4-16-7-11-6-13-16/h5-7H,3-4H2,1-2H3,(H,12,14,15). The molecule has 18 heavy (non-hydrogen) atoms. The lowest BCUT2D eigenvalue weighted by Gasteiger charge is -2.08. The Kier molecular flexibility index (Phi) is 3.90. The van der Waals surface area contributed by atoms with Crippen LogP contribution < -0.4 is 14.8 Å². The first-order valence-corrected chi connectivity index (χ1v) is 5.35. The molecule has 0 fully saturated rings. The van der Waals surface area contributed by atoms with Crippen molar-refractivity contribution < 1.29 is 9.47 Å². The largest absolute Gasteiger partial charge is 0.481 e. The van der Waals surface area contributed by atoms with E-state index in [1.165, 1.54) is 13.4 Å². The predicted octanol–water partition coefficient (Wildman–Crippen LogP) is 0.197. The summed E-state index contributed by atoms with van der Waals surface area (Å²) in [5, 5.41) is 7.13. The molecule has 8 nitrogen and oxygen atoms in total. The molecule has 2 aromatic rings. The molecule has 0 aliphatic rings. The fourth-order valence-corrected chi connectivity index (χ4v) is 1.34. The molecule has 2 rings (SSSR count). The summed E-state index contributed by atoms with van der Waals surface area (Å²) < 4.78 is 11.8. The van der Waals surface area contributed by atoms with E-state index in [1.807, 2.05) is 0 Å². The summed E-state index contributed by atoms with van der Waals surface area (Å²) in [6, 6.07) is 1.96. The van der Waals surface area contributed by atoms with Gasteiger partial charge in [0, 0.05) is 12.6 Å². The van der Waals surface area contributed by atoms with Gasteiger partial charge in [-0.15, -0.1) is 0 Å². The Morgan fingerprint density at radius 3 is 2.83 bits per heavy atom. The quantitative estimate of drug-likeness (QED) is 0.783. The summed E-state index contributed by atoms with van der Waals surface area (Å²) in [6.07, 6.45) is 3.15. The highest BCUT2D eigenvalue weighted by Crippen LogP contribution is 2.16. The Balaban J connectivity index is 1.95. The second-order valence-electron chi connectivity index (χ2n) is 3.37. The van der Waals surface area contributed by atoms with Crippen LogP contribution in [0.1, 0.15) is 0 Å². The zero-order chi connectivity index (χ0) is 12.8. The second-order valence-corrected chi connectivity index (χ2v) is 3.37. The van der Waals surface area contributed by atoms with Crippen molar-refractivity contribution in [2.45, 2.75) is 6.54 Å². The number of nitrogens with zero attached hydrogens (tertiary/aromatic N) is 5. The molecule has 0 atom stereocenters. The number of ether oxygens (including phenoxy) is 2. The van der Waals surface area contributed by atoms with Gasteiger partial charge in [0.15, 0.2) is 0 Å². The van der Waals surface area contributed by atoms with Crippen molar-refractivity contribution >= 4 is 5.82 Å². The molecule has 0 spiro atoms. The SMILES string of the molecule is COc1cc(NCCn2cncn2)nc(OC)n1. The summed E-state index contributed by atoms with van der Waals surface area (Å²) in [5.74, 6) is 1.09. The maximum absolute atomic E-state index is 5.05. The molecular weight excluding hydrogens is 236 g/mol. The zero-order valence-electron chi connectivity index (χ0n) is 10.2. The molecule has 8 heteroatoms. The van der Waals surface area contributed by atoms with Gasteiger partial charge >= 0.3 is 6.01 Å². The van der Waals surface area contributed by atoms with Crippen molar-refractivity contribution in [3.05, 3.63) is 18.7 Å². The first-order chi connectivity index (χ1) is 8.81. The summed E-state index contributed by atoms with van der Waals surface area (Å²) in [5.41, 5.74) is 0. The van der Waals surface area contributed by atoms with Gasteiger partial charge in [0.25, 0.3) is 0 Å². The van der Waals surface area contributed by atoms with Crippen LogP contribution in [0.3, 0.4) is 0 Å². The Bertz CT molecular complexity index is 465. The molecule has 0 amide bonds. The van der Waals surface area contributed by atoms with Gasteiger partial charge in [-0.05, 0) is 0 Å². The van der Waals surface area contributed by atoms with Crippen LogP contribution in [0.15, 0.2) is 18.7 Å². The van der Waals surface area contributed by atoms with E-state index >= 15 is 0 Å². The van der Waals surface area contributed by atoms with Crippen molar-refractivity contribution in [2.75, 3.05) is 26.1 Å². The van der Waals surface area contributed by atoms with Gasteiger partial charge in [0.05, 0.1) is 20.8 Å². The minimum atomic E-state index is 0.262. The van der Waals surface area contributed by atoms with Crippen LogP contribution in [0.4, 0.5) is 5.82 Å². The van der Waals surface area contributed by atoms with E-state index in [-0.39, 0.29) is 6.01 Å². The minimum Gasteiger partial charge on any atom is -0.481 e. The minimum absolute atomic E-state index is 0.262. The van der Waals surface area contributed by atoms with E-state index in [1.54, 1.807) is 24.2 Å². The highest BCUT2D eigenvalue weighted by Gasteiger charge is 2.04. The molecule has 2 heterocycles. The van der Waals surface area contributed by atoms with Gasteiger partial charge in [-0.2, -0.15) is 15.1 Å². The monoisotopic (exact) mass is 250 g/mol. The van der Waals surface area contributed by atoms with E-state index < -0.39 is 0 Å². The number of rotatable bonds is 6. The average molecular weight is 250 g/mol. The van der Waals surface area contributed by atoms with Crippen LogP contribution >= 0.6 is 0 Å². The van der Waals surface area contributed by atoms with Crippen LogP contribution in [0.5, 0.6) is 11.9 Å². The van der Waals surface area contributed by atoms with E-state index in [4.69, 9.17) is 9.47 Å². The Labute approximate surface area is 104 Å². The van der Waals surface area contributed by atoms with Crippen molar-refractivity contribution in [3.8, 4) is 11.9 Å². The van der Waals surface area contributed by atoms with E-state index in [2.05, 4.69) is 25.4 Å². The molecular formula is C10H14N6O2. The first-order valence-electron chi connectivity index (χ1n) is 5.35. The topological polar surface area (TPSA) is 87.0 Å². The van der Waals surface area contributed by atoms with Crippen molar-refractivity contribution in [3.63, 3.8) is 0 Å².